The first-order valence-corrected chi connectivity index (χ1v) is 7.55. The molecule has 21 heavy (non-hydrogen) atoms. The van der Waals surface area contributed by atoms with E-state index in [1.165, 1.54) is 0 Å². The summed E-state index contributed by atoms with van der Waals surface area (Å²) in [4.78, 5) is 23.4. The Morgan fingerprint density at radius 1 is 1.14 bits per heavy atom. The van der Waals surface area contributed by atoms with E-state index in [0.29, 0.717) is 22.2 Å². The van der Waals surface area contributed by atoms with Gasteiger partial charge in [-0.05, 0) is 31.0 Å². The fraction of sp³-hybridized carbons (Fsp3) is 0.429. The molecule has 1 saturated carbocycles. The number of hydrogen-bond donors (Lipinski definition) is 3. The molecular weight excluding hydrogens is 313 g/mol. The molecule has 0 spiro atoms. The average molecular weight is 330 g/mol. The van der Waals surface area contributed by atoms with Gasteiger partial charge in [0.1, 0.15) is 0 Å². The smallest absolute Gasteiger partial charge is 0.319 e. The molecule has 0 radical (unpaired) electrons. The van der Waals surface area contributed by atoms with Gasteiger partial charge in [0, 0.05) is 11.7 Å². The minimum absolute atomic E-state index is 0.223. The number of nitrogens with one attached hydrogen (secondary N) is 2. The molecule has 5 nitrogen and oxygen atoms in total. The van der Waals surface area contributed by atoms with Gasteiger partial charge in [-0.2, -0.15) is 0 Å². The maximum Gasteiger partial charge on any atom is 0.319 e. The van der Waals surface area contributed by atoms with Gasteiger partial charge in [0.25, 0.3) is 0 Å². The molecule has 0 aliphatic heterocycles. The van der Waals surface area contributed by atoms with E-state index in [4.69, 9.17) is 28.9 Å². The fourth-order valence-electron chi connectivity index (χ4n) is 2.55. The number of rotatable bonds is 3. The first kappa shape index (κ1) is 15.9. The Morgan fingerprint density at radius 2 is 1.86 bits per heavy atom. The van der Waals surface area contributed by atoms with Crippen LogP contribution in [-0.2, 0) is 4.79 Å². The Labute approximate surface area is 133 Å². The Hall–Kier alpha value is -1.46. The van der Waals surface area contributed by atoms with Gasteiger partial charge < -0.3 is 16.4 Å². The molecule has 2 rings (SSSR count). The second-order valence-electron chi connectivity index (χ2n) is 5.13. The van der Waals surface area contributed by atoms with Crippen LogP contribution < -0.4 is 16.4 Å². The Bertz CT molecular complexity index is 551. The van der Waals surface area contributed by atoms with Crippen molar-refractivity contribution in [3.63, 3.8) is 0 Å². The van der Waals surface area contributed by atoms with Crippen molar-refractivity contribution in [3.8, 4) is 0 Å². The maximum atomic E-state index is 12.0. The molecule has 7 heteroatoms. The summed E-state index contributed by atoms with van der Waals surface area (Å²) in [5.74, 6) is -0.673. The highest BCUT2D eigenvalue weighted by molar-refractivity contribution is 6.42. The van der Waals surface area contributed by atoms with Gasteiger partial charge in [0.15, 0.2) is 0 Å². The molecule has 0 saturated heterocycles. The largest absolute Gasteiger partial charge is 0.369 e. The number of amides is 3. The molecule has 3 amide bonds. The molecule has 4 N–H and O–H groups in total. The summed E-state index contributed by atoms with van der Waals surface area (Å²) >= 11 is 11.7. The van der Waals surface area contributed by atoms with E-state index >= 15 is 0 Å². The van der Waals surface area contributed by atoms with Crippen LogP contribution in [0.2, 0.25) is 10.0 Å². The minimum atomic E-state index is -0.383. The lowest BCUT2D eigenvalue weighted by Crippen LogP contribution is -2.48. The van der Waals surface area contributed by atoms with Crippen LogP contribution >= 0.6 is 23.2 Å². The SMILES string of the molecule is NC(=O)C1CCCCC1NC(=O)Nc1ccc(Cl)c(Cl)c1. The van der Waals surface area contributed by atoms with E-state index in [-0.39, 0.29) is 23.9 Å². The fourth-order valence-corrected chi connectivity index (χ4v) is 2.85. The number of benzene rings is 1. The van der Waals surface area contributed by atoms with Crippen molar-refractivity contribution in [1.82, 2.24) is 5.32 Å². The molecule has 0 bridgehead atoms. The van der Waals surface area contributed by atoms with Crippen molar-refractivity contribution in [2.75, 3.05) is 5.32 Å². The third kappa shape index (κ3) is 4.25. The number of primary amides is 1. The topological polar surface area (TPSA) is 84.2 Å². The summed E-state index contributed by atoms with van der Waals surface area (Å²) < 4.78 is 0. The predicted octanol–water partition coefficient (Wildman–Crippen LogP) is 3.16. The van der Waals surface area contributed by atoms with Crippen LogP contribution in [0.3, 0.4) is 0 Å². The van der Waals surface area contributed by atoms with E-state index in [9.17, 15) is 9.59 Å². The molecule has 2 atom stereocenters. The number of carbonyl (C=O) groups is 2. The summed E-state index contributed by atoms with van der Waals surface area (Å²) in [6.07, 6.45) is 3.40. The molecular formula is C14H17Cl2N3O2. The number of nitrogens with two attached hydrogens (primary N) is 1. The Kier molecular flexibility index (Phi) is 5.31. The quantitative estimate of drug-likeness (QED) is 0.795. The number of urea groups is 1. The van der Waals surface area contributed by atoms with Gasteiger partial charge in [0.2, 0.25) is 5.91 Å². The lowest BCUT2D eigenvalue weighted by Gasteiger charge is -2.29. The molecule has 114 valence electrons. The van der Waals surface area contributed by atoms with Crippen LogP contribution in [0.1, 0.15) is 25.7 Å². The van der Waals surface area contributed by atoms with Crippen molar-refractivity contribution < 1.29 is 9.59 Å². The molecule has 1 aromatic rings. The third-order valence-corrected chi connectivity index (χ3v) is 4.36. The zero-order valence-corrected chi connectivity index (χ0v) is 12.9. The van der Waals surface area contributed by atoms with Crippen LogP contribution in [-0.4, -0.2) is 18.0 Å². The number of carbonyl (C=O) groups excluding carboxylic acids is 2. The highest BCUT2D eigenvalue weighted by Crippen LogP contribution is 2.26. The summed E-state index contributed by atoms with van der Waals surface area (Å²) in [6, 6.07) is 4.22. The van der Waals surface area contributed by atoms with Crippen LogP contribution in [0.4, 0.5) is 10.5 Å². The summed E-state index contributed by atoms with van der Waals surface area (Å²) in [7, 11) is 0. The van der Waals surface area contributed by atoms with Crippen molar-refractivity contribution in [3.05, 3.63) is 28.2 Å². The lowest BCUT2D eigenvalue weighted by molar-refractivity contribution is -0.123. The van der Waals surface area contributed by atoms with Gasteiger partial charge in [-0.1, -0.05) is 36.0 Å². The number of halogens is 2. The minimum Gasteiger partial charge on any atom is -0.369 e. The number of anilines is 1. The molecule has 2 unspecified atom stereocenters. The second kappa shape index (κ2) is 7.00. The van der Waals surface area contributed by atoms with Crippen molar-refractivity contribution in [2.24, 2.45) is 11.7 Å². The molecule has 0 heterocycles. The summed E-state index contributed by atoms with van der Waals surface area (Å²) in [5.41, 5.74) is 5.92. The summed E-state index contributed by atoms with van der Waals surface area (Å²) in [5, 5.41) is 6.26. The average Bonchev–Trinajstić information content (AvgIpc) is 2.43. The lowest BCUT2D eigenvalue weighted by atomic mass is 9.84. The monoisotopic (exact) mass is 329 g/mol. The molecule has 1 aromatic carbocycles. The Balaban J connectivity index is 1.97. The predicted molar refractivity (Wildman–Crippen MR) is 83.6 cm³/mol. The van der Waals surface area contributed by atoms with Gasteiger partial charge in [-0.15, -0.1) is 0 Å². The van der Waals surface area contributed by atoms with Crippen LogP contribution in [0, 0.1) is 5.92 Å². The summed E-state index contributed by atoms with van der Waals surface area (Å²) in [6.45, 7) is 0. The van der Waals surface area contributed by atoms with E-state index in [1.54, 1.807) is 18.2 Å². The van der Waals surface area contributed by atoms with E-state index < -0.39 is 0 Å². The zero-order chi connectivity index (χ0) is 15.4. The van der Waals surface area contributed by atoms with Gasteiger partial charge in [-0.25, -0.2) is 4.79 Å². The van der Waals surface area contributed by atoms with Crippen molar-refractivity contribution in [2.45, 2.75) is 31.7 Å². The first-order chi connectivity index (χ1) is 9.97. The van der Waals surface area contributed by atoms with Gasteiger partial charge >= 0.3 is 6.03 Å². The van der Waals surface area contributed by atoms with Crippen molar-refractivity contribution in [1.29, 1.82) is 0 Å². The van der Waals surface area contributed by atoms with E-state index in [2.05, 4.69) is 10.6 Å². The molecule has 0 aromatic heterocycles. The van der Waals surface area contributed by atoms with E-state index in [0.717, 1.165) is 19.3 Å². The van der Waals surface area contributed by atoms with Gasteiger partial charge in [0.05, 0.1) is 16.0 Å². The Morgan fingerprint density at radius 3 is 2.52 bits per heavy atom. The number of hydrogen-bond acceptors (Lipinski definition) is 2. The standard InChI is InChI=1S/C14H17Cl2N3O2/c15-10-6-5-8(7-11(10)16)18-14(21)19-12-4-2-1-3-9(12)13(17)20/h5-7,9,12H,1-4H2,(H2,17,20)(H2,18,19,21). The normalized spacial score (nSPS) is 21.6. The van der Waals surface area contributed by atoms with Gasteiger partial charge in [-0.3, -0.25) is 4.79 Å². The van der Waals surface area contributed by atoms with Crippen LogP contribution in [0.25, 0.3) is 0 Å². The van der Waals surface area contributed by atoms with Crippen LogP contribution in [0.15, 0.2) is 18.2 Å². The zero-order valence-electron chi connectivity index (χ0n) is 11.4. The maximum absolute atomic E-state index is 12.0. The highest BCUT2D eigenvalue weighted by Gasteiger charge is 2.30. The third-order valence-electron chi connectivity index (χ3n) is 3.63. The second-order valence-corrected chi connectivity index (χ2v) is 5.94. The molecule has 1 aliphatic carbocycles. The first-order valence-electron chi connectivity index (χ1n) is 6.79. The molecule has 1 fully saturated rings. The van der Waals surface area contributed by atoms with Crippen molar-refractivity contribution >= 4 is 40.8 Å². The van der Waals surface area contributed by atoms with Crippen LogP contribution in [0.5, 0.6) is 0 Å². The van der Waals surface area contributed by atoms with E-state index in [1.807, 2.05) is 0 Å². The molecule has 1 aliphatic rings. The highest BCUT2D eigenvalue weighted by atomic mass is 35.5.